The van der Waals surface area contributed by atoms with Crippen LogP contribution in [-0.4, -0.2) is 34.5 Å². The molecule has 3 rings (SSSR count). The summed E-state index contributed by atoms with van der Waals surface area (Å²) in [5.41, 5.74) is 0.832. The third-order valence-electron chi connectivity index (χ3n) is 7.54. The van der Waals surface area contributed by atoms with Crippen LogP contribution in [0.15, 0.2) is 30.0 Å². The van der Waals surface area contributed by atoms with Crippen molar-refractivity contribution in [1.82, 2.24) is 4.98 Å². The lowest BCUT2D eigenvalue weighted by molar-refractivity contribution is -0.145. The summed E-state index contributed by atoms with van der Waals surface area (Å²) in [5, 5.41) is 0. The van der Waals surface area contributed by atoms with Gasteiger partial charge in [0.25, 0.3) is 0 Å². The lowest BCUT2D eigenvalue weighted by atomic mass is 9.79. The van der Waals surface area contributed by atoms with Gasteiger partial charge in [-0.3, -0.25) is 14.6 Å². The molecule has 5 nitrogen and oxygen atoms in total. The van der Waals surface area contributed by atoms with E-state index in [1.54, 1.807) is 6.20 Å². The van der Waals surface area contributed by atoms with Crippen LogP contribution in [-0.2, 0) is 19.1 Å². The van der Waals surface area contributed by atoms with E-state index >= 15 is 0 Å². The topological polar surface area (TPSA) is 68.8 Å². The van der Waals surface area contributed by atoms with E-state index in [0.717, 1.165) is 37.0 Å². The summed E-state index contributed by atoms with van der Waals surface area (Å²) in [7, 11) is 0. The minimum Gasteiger partial charge on any atom is -0.466 e. The zero-order valence-corrected chi connectivity index (χ0v) is 20.4. The maximum atomic E-state index is 12.7. The Labute approximate surface area is 193 Å². The second kappa shape index (κ2) is 9.86. The van der Waals surface area contributed by atoms with E-state index in [4.69, 9.17) is 9.47 Å². The van der Waals surface area contributed by atoms with Crippen molar-refractivity contribution in [1.29, 1.82) is 0 Å². The Hall–Kier alpha value is -2.01. The van der Waals surface area contributed by atoms with E-state index in [1.165, 1.54) is 0 Å². The molecule has 3 unspecified atom stereocenters. The summed E-state index contributed by atoms with van der Waals surface area (Å²) in [6.45, 7) is 10.7. The molecule has 0 saturated carbocycles. The number of hydrogen-bond donors (Lipinski definition) is 0. The van der Waals surface area contributed by atoms with E-state index in [2.05, 4.69) is 31.8 Å². The highest BCUT2D eigenvalue weighted by Crippen LogP contribution is 2.58. The van der Waals surface area contributed by atoms with Gasteiger partial charge in [0.2, 0.25) is 0 Å². The first-order chi connectivity index (χ1) is 15.1. The molecule has 0 spiro atoms. The first-order valence-electron chi connectivity index (χ1n) is 12.1. The van der Waals surface area contributed by atoms with E-state index in [-0.39, 0.29) is 23.8 Å². The highest BCUT2D eigenvalue weighted by molar-refractivity contribution is 5.84. The summed E-state index contributed by atoms with van der Waals surface area (Å²) in [4.78, 5) is 29.5. The number of aromatic nitrogens is 1. The van der Waals surface area contributed by atoms with Gasteiger partial charge in [0.15, 0.2) is 0 Å². The smallest absolute Gasteiger partial charge is 0.305 e. The summed E-state index contributed by atoms with van der Waals surface area (Å²) in [6, 6.07) is 5.87. The average molecular weight is 442 g/mol. The number of carbonyl (C=O) groups is 2. The first kappa shape index (κ1) is 24.6. The van der Waals surface area contributed by atoms with E-state index < -0.39 is 11.0 Å². The van der Waals surface area contributed by atoms with Crippen molar-refractivity contribution in [3.05, 3.63) is 35.7 Å². The molecule has 0 bridgehead atoms. The molecule has 2 aliphatic heterocycles. The molecule has 3 heterocycles. The number of nitrogens with zero attached hydrogens (tertiary/aromatic N) is 1. The van der Waals surface area contributed by atoms with Crippen molar-refractivity contribution in [2.24, 2.45) is 11.3 Å². The average Bonchev–Trinajstić information content (AvgIpc) is 3.35. The van der Waals surface area contributed by atoms with Gasteiger partial charge in [-0.1, -0.05) is 39.7 Å². The van der Waals surface area contributed by atoms with Crippen LogP contribution < -0.4 is 0 Å². The highest BCUT2D eigenvalue weighted by Gasteiger charge is 2.66. The van der Waals surface area contributed by atoms with Gasteiger partial charge in [0.1, 0.15) is 11.4 Å². The molecule has 32 heavy (non-hydrogen) atoms. The molecule has 1 aromatic rings. The van der Waals surface area contributed by atoms with Crippen molar-refractivity contribution >= 4 is 17.8 Å². The number of rotatable bonds is 2. The van der Waals surface area contributed by atoms with Crippen molar-refractivity contribution in [2.45, 2.75) is 97.2 Å². The Morgan fingerprint density at radius 2 is 1.88 bits per heavy atom. The zero-order chi connectivity index (χ0) is 23.4. The van der Waals surface area contributed by atoms with Gasteiger partial charge in [-0.25, -0.2) is 0 Å². The molecule has 0 N–H and O–H groups in total. The van der Waals surface area contributed by atoms with Gasteiger partial charge in [-0.2, -0.15) is 0 Å². The quantitative estimate of drug-likeness (QED) is 0.421. The standard InChI is InChI=1S/C27H39NO4/c1-20-9-8-14-26(5)27(32-26,21(2)19-22-10-6-7-17-28-22)16-18-31-24(30)13-15-25(3,4)23(29)12-11-20/h6-7,10,17,19-20H,8-9,11-16,18H2,1-5H3. The molecule has 0 aromatic carbocycles. The molecular weight excluding hydrogens is 402 g/mol. The number of esters is 1. The molecule has 0 aliphatic carbocycles. The fourth-order valence-corrected chi connectivity index (χ4v) is 5.00. The van der Waals surface area contributed by atoms with Crippen LogP contribution in [0, 0.1) is 11.3 Å². The fourth-order valence-electron chi connectivity index (χ4n) is 5.00. The number of cyclic esters (lactones) is 1. The van der Waals surface area contributed by atoms with Crippen LogP contribution in [0.3, 0.4) is 0 Å². The largest absolute Gasteiger partial charge is 0.466 e. The van der Waals surface area contributed by atoms with Gasteiger partial charge >= 0.3 is 5.97 Å². The van der Waals surface area contributed by atoms with Crippen LogP contribution in [0.2, 0.25) is 0 Å². The predicted molar refractivity (Wildman–Crippen MR) is 126 cm³/mol. The number of carbonyl (C=O) groups excluding carboxylic acids is 2. The first-order valence-corrected chi connectivity index (χ1v) is 12.1. The number of hydrogen-bond acceptors (Lipinski definition) is 5. The molecule has 1 aromatic heterocycles. The van der Waals surface area contributed by atoms with Crippen LogP contribution in [0.25, 0.3) is 6.08 Å². The number of ketones is 1. The molecule has 0 radical (unpaired) electrons. The Kier molecular flexibility index (Phi) is 7.59. The van der Waals surface area contributed by atoms with Crippen molar-refractivity contribution in [3.8, 4) is 0 Å². The van der Waals surface area contributed by atoms with Gasteiger partial charge in [0.05, 0.1) is 17.9 Å². The molecule has 3 atom stereocenters. The number of fused-ring (bicyclic) bond motifs is 1. The summed E-state index contributed by atoms with van der Waals surface area (Å²) < 4.78 is 12.0. The highest BCUT2D eigenvalue weighted by atomic mass is 16.6. The lowest BCUT2D eigenvalue weighted by Gasteiger charge is -2.24. The second-order valence-electron chi connectivity index (χ2n) is 10.6. The van der Waals surface area contributed by atoms with Crippen LogP contribution in [0.1, 0.15) is 91.7 Å². The fraction of sp³-hybridized carbons (Fsp3) is 0.667. The normalized spacial score (nSPS) is 32.7. The van der Waals surface area contributed by atoms with Crippen molar-refractivity contribution < 1.29 is 19.1 Å². The molecular formula is C27H39NO4. The van der Waals surface area contributed by atoms with E-state index in [0.29, 0.717) is 31.8 Å². The van der Waals surface area contributed by atoms with E-state index in [1.807, 2.05) is 32.0 Å². The summed E-state index contributed by atoms with van der Waals surface area (Å²) in [5.74, 6) is 0.501. The van der Waals surface area contributed by atoms with Crippen molar-refractivity contribution in [2.75, 3.05) is 6.61 Å². The SMILES string of the molecule is CC(=Cc1ccccn1)C12CCOC(=O)CCC(C)(C)C(=O)CCC(C)CCCC1(C)O2. The van der Waals surface area contributed by atoms with Gasteiger partial charge in [-0.15, -0.1) is 0 Å². The molecule has 2 fully saturated rings. The maximum Gasteiger partial charge on any atom is 0.305 e. The Morgan fingerprint density at radius 1 is 1.09 bits per heavy atom. The zero-order valence-electron chi connectivity index (χ0n) is 20.4. The van der Waals surface area contributed by atoms with E-state index in [9.17, 15) is 9.59 Å². The van der Waals surface area contributed by atoms with Crippen LogP contribution in [0.5, 0.6) is 0 Å². The molecule has 2 saturated heterocycles. The summed E-state index contributed by atoms with van der Waals surface area (Å²) in [6.07, 6.45) is 9.84. The second-order valence-corrected chi connectivity index (χ2v) is 10.6. The van der Waals surface area contributed by atoms with Gasteiger partial charge < -0.3 is 9.47 Å². The molecule has 2 aliphatic rings. The lowest BCUT2D eigenvalue weighted by Crippen LogP contribution is -2.28. The van der Waals surface area contributed by atoms with Crippen LogP contribution in [0.4, 0.5) is 0 Å². The molecule has 0 amide bonds. The third kappa shape index (κ3) is 5.67. The minimum absolute atomic E-state index is 0.241. The third-order valence-corrected chi connectivity index (χ3v) is 7.54. The molecule has 176 valence electrons. The minimum atomic E-state index is -0.489. The molecule has 5 heteroatoms. The Morgan fingerprint density at radius 3 is 2.59 bits per heavy atom. The number of ether oxygens (including phenoxy) is 2. The van der Waals surface area contributed by atoms with Crippen LogP contribution >= 0.6 is 0 Å². The number of Topliss-reactive ketones (excluding diaryl/α,β-unsaturated/α-hetero) is 1. The Balaban J connectivity index is 1.76. The number of epoxide rings is 1. The predicted octanol–water partition coefficient (Wildman–Crippen LogP) is 5.92. The van der Waals surface area contributed by atoms with Crippen molar-refractivity contribution in [3.63, 3.8) is 0 Å². The Bertz CT molecular complexity index is 846. The van der Waals surface area contributed by atoms with Gasteiger partial charge in [-0.05, 0) is 62.8 Å². The number of pyridine rings is 1. The van der Waals surface area contributed by atoms with Gasteiger partial charge in [0, 0.05) is 30.9 Å². The summed E-state index contributed by atoms with van der Waals surface area (Å²) >= 11 is 0. The maximum absolute atomic E-state index is 12.7. The monoisotopic (exact) mass is 441 g/mol.